The maximum Gasteiger partial charge on any atom is 0.0509 e. The highest BCUT2D eigenvalue weighted by molar-refractivity contribution is 7.99. The molecule has 0 aromatic rings. The van der Waals surface area contributed by atoms with Gasteiger partial charge in [0.15, 0.2) is 0 Å². The predicted molar refractivity (Wildman–Crippen MR) is 70.1 cm³/mol. The van der Waals surface area contributed by atoms with Crippen molar-refractivity contribution in [1.82, 2.24) is 10.6 Å². The van der Waals surface area contributed by atoms with E-state index in [1.807, 2.05) is 0 Å². The second-order valence-corrected chi connectivity index (χ2v) is 6.03. The molecule has 0 amide bonds. The van der Waals surface area contributed by atoms with Crippen LogP contribution in [0, 0.1) is 5.92 Å². The van der Waals surface area contributed by atoms with Gasteiger partial charge in [-0.2, -0.15) is 11.8 Å². The van der Waals surface area contributed by atoms with Crippen molar-refractivity contribution in [3.8, 4) is 0 Å². The Kier molecular flexibility index (Phi) is 5.42. The largest absolute Gasteiger partial charge is 0.381 e. The fourth-order valence-electron chi connectivity index (χ4n) is 2.40. The minimum absolute atomic E-state index is 0.610. The molecule has 0 aromatic heterocycles. The summed E-state index contributed by atoms with van der Waals surface area (Å²) in [5.41, 5.74) is 0. The first-order valence-electron chi connectivity index (χ1n) is 6.48. The Morgan fingerprint density at radius 3 is 3.19 bits per heavy atom. The van der Waals surface area contributed by atoms with Crippen LogP contribution in [0.1, 0.15) is 19.8 Å². The van der Waals surface area contributed by atoms with Gasteiger partial charge < -0.3 is 15.4 Å². The van der Waals surface area contributed by atoms with Crippen molar-refractivity contribution in [3.63, 3.8) is 0 Å². The van der Waals surface area contributed by atoms with Crippen molar-refractivity contribution in [1.29, 1.82) is 0 Å². The van der Waals surface area contributed by atoms with Crippen molar-refractivity contribution < 1.29 is 4.74 Å². The average Bonchev–Trinajstić information content (AvgIpc) is 2.84. The number of hydrogen-bond acceptors (Lipinski definition) is 4. The van der Waals surface area contributed by atoms with E-state index in [1.165, 1.54) is 30.9 Å². The fraction of sp³-hybridized carbons (Fsp3) is 1.00. The Hall–Kier alpha value is 0.230. The van der Waals surface area contributed by atoms with Crippen LogP contribution in [-0.2, 0) is 4.74 Å². The lowest BCUT2D eigenvalue weighted by Crippen LogP contribution is -2.41. The third kappa shape index (κ3) is 3.91. The first-order chi connectivity index (χ1) is 7.86. The van der Waals surface area contributed by atoms with Gasteiger partial charge in [-0.05, 0) is 32.2 Å². The van der Waals surface area contributed by atoms with Crippen LogP contribution >= 0.6 is 11.8 Å². The topological polar surface area (TPSA) is 33.3 Å². The molecule has 2 fully saturated rings. The number of rotatable bonds is 5. The molecule has 2 rings (SSSR count). The van der Waals surface area contributed by atoms with Gasteiger partial charge in [-0.1, -0.05) is 0 Å². The Morgan fingerprint density at radius 2 is 2.50 bits per heavy atom. The van der Waals surface area contributed by atoms with Gasteiger partial charge in [0.25, 0.3) is 0 Å². The third-order valence-electron chi connectivity index (χ3n) is 3.63. The number of thioether (sulfide) groups is 1. The van der Waals surface area contributed by atoms with Gasteiger partial charge >= 0.3 is 0 Å². The Labute approximate surface area is 103 Å². The highest BCUT2D eigenvalue weighted by Gasteiger charge is 2.22. The van der Waals surface area contributed by atoms with Crippen LogP contribution in [0.4, 0.5) is 0 Å². The van der Waals surface area contributed by atoms with Crippen LogP contribution in [0.5, 0.6) is 0 Å². The second kappa shape index (κ2) is 6.84. The highest BCUT2D eigenvalue weighted by atomic mass is 32.2. The Bertz CT molecular complexity index is 191. The molecule has 2 aliphatic rings. The molecule has 16 heavy (non-hydrogen) atoms. The van der Waals surface area contributed by atoms with Gasteiger partial charge in [0.1, 0.15) is 0 Å². The van der Waals surface area contributed by atoms with E-state index in [1.54, 1.807) is 0 Å². The van der Waals surface area contributed by atoms with E-state index >= 15 is 0 Å². The standard InChI is InChI=1S/C12H24N2OS/c1-10(11-3-6-15-8-11)13-4-2-12-9-16-7-5-14-12/h10-14H,2-9H2,1H3. The number of nitrogens with one attached hydrogen (secondary N) is 2. The van der Waals surface area contributed by atoms with E-state index in [0.29, 0.717) is 6.04 Å². The molecule has 0 aliphatic carbocycles. The quantitative estimate of drug-likeness (QED) is 0.759. The lowest BCUT2D eigenvalue weighted by Gasteiger charge is -2.25. The van der Waals surface area contributed by atoms with Gasteiger partial charge in [-0.3, -0.25) is 0 Å². The molecule has 2 N–H and O–H groups in total. The van der Waals surface area contributed by atoms with E-state index in [4.69, 9.17) is 4.74 Å². The Morgan fingerprint density at radius 1 is 1.56 bits per heavy atom. The van der Waals surface area contributed by atoms with E-state index < -0.39 is 0 Å². The summed E-state index contributed by atoms with van der Waals surface area (Å²) < 4.78 is 5.42. The first-order valence-corrected chi connectivity index (χ1v) is 7.64. The normalized spacial score (nSPS) is 32.8. The minimum atomic E-state index is 0.610. The summed E-state index contributed by atoms with van der Waals surface area (Å²) in [6.45, 7) is 6.52. The van der Waals surface area contributed by atoms with Crippen molar-refractivity contribution in [2.45, 2.75) is 31.8 Å². The van der Waals surface area contributed by atoms with Crippen LogP contribution in [-0.4, -0.2) is 49.9 Å². The molecule has 2 heterocycles. The van der Waals surface area contributed by atoms with E-state index in [0.717, 1.165) is 31.7 Å². The molecule has 3 atom stereocenters. The zero-order valence-electron chi connectivity index (χ0n) is 10.2. The summed E-state index contributed by atoms with van der Waals surface area (Å²) in [6, 6.07) is 1.33. The van der Waals surface area contributed by atoms with Crippen LogP contribution < -0.4 is 10.6 Å². The monoisotopic (exact) mass is 244 g/mol. The summed E-state index contributed by atoms with van der Waals surface area (Å²) in [5, 5.41) is 7.22. The number of ether oxygens (including phenoxy) is 1. The summed E-state index contributed by atoms with van der Waals surface area (Å²) in [5.74, 6) is 3.29. The van der Waals surface area contributed by atoms with Gasteiger partial charge in [0.05, 0.1) is 6.61 Å². The van der Waals surface area contributed by atoms with Crippen molar-refractivity contribution in [3.05, 3.63) is 0 Å². The second-order valence-electron chi connectivity index (χ2n) is 4.88. The van der Waals surface area contributed by atoms with Crippen LogP contribution in [0.2, 0.25) is 0 Å². The molecule has 0 bridgehead atoms. The Balaban J connectivity index is 1.56. The summed E-state index contributed by atoms with van der Waals surface area (Å²) >= 11 is 2.08. The molecule has 0 radical (unpaired) electrons. The van der Waals surface area contributed by atoms with Crippen LogP contribution in [0.15, 0.2) is 0 Å². The lowest BCUT2D eigenvalue weighted by molar-refractivity contribution is 0.178. The fourth-order valence-corrected chi connectivity index (χ4v) is 3.40. The molecule has 0 saturated carbocycles. The number of hydrogen-bond donors (Lipinski definition) is 2. The average molecular weight is 244 g/mol. The van der Waals surface area contributed by atoms with E-state index in [2.05, 4.69) is 29.3 Å². The summed E-state index contributed by atoms with van der Waals surface area (Å²) in [6.07, 6.45) is 2.48. The molecule has 0 aromatic carbocycles. The smallest absolute Gasteiger partial charge is 0.0509 e. The van der Waals surface area contributed by atoms with Crippen molar-refractivity contribution >= 4 is 11.8 Å². The third-order valence-corrected chi connectivity index (χ3v) is 4.76. The van der Waals surface area contributed by atoms with Crippen LogP contribution in [0.3, 0.4) is 0 Å². The highest BCUT2D eigenvalue weighted by Crippen LogP contribution is 2.16. The van der Waals surface area contributed by atoms with E-state index in [-0.39, 0.29) is 0 Å². The first kappa shape index (κ1) is 12.7. The molecule has 3 unspecified atom stereocenters. The molecule has 2 aliphatic heterocycles. The van der Waals surface area contributed by atoms with Crippen molar-refractivity contribution in [2.75, 3.05) is 37.8 Å². The molecular weight excluding hydrogens is 220 g/mol. The minimum Gasteiger partial charge on any atom is -0.381 e. The molecule has 94 valence electrons. The molecular formula is C12H24N2OS. The van der Waals surface area contributed by atoms with E-state index in [9.17, 15) is 0 Å². The maximum atomic E-state index is 5.42. The predicted octanol–water partition coefficient (Wildman–Crippen LogP) is 1.10. The van der Waals surface area contributed by atoms with Gasteiger partial charge in [-0.15, -0.1) is 0 Å². The maximum absolute atomic E-state index is 5.42. The summed E-state index contributed by atoms with van der Waals surface area (Å²) in [4.78, 5) is 0. The van der Waals surface area contributed by atoms with Gasteiger partial charge in [-0.25, -0.2) is 0 Å². The SMILES string of the molecule is CC(NCCC1CSCCN1)C1CCOC1. The zero-order valence-corrected chi connectivity index (χ0v) is 11.0. The van der Waals surface area contributed by atoms with Crippen LogP contribution in [0.25, 0.3) is 0 Å². The summed E-state index contributed by atoms with van der Waals surface area (Å²) in [7, 11) is 0. The zero-order chi connectivity index (χ0) is 11.2. The molecule has 2 saturated heterocycles. The molecule has 0 spiro atoms. The van der Waals surface area contributed by atoms with Gasteiger partial charge in [0.2, 0.25) is 0 Å². The lowest BCUT2D eigenvalue weighted by atomic mass is 10.0. The van der Waals surface area contributed by atoms with Crippen molar-refractivity contribution in [2.24, 2.45) is 5.92 Å². The molecule has 4 heteroatoms. The van der Waals surface area contributed by atoms with Gasteiger partial charge in [0, 0.05) is 36.7 Å². The molecule has 3 nitrogen and oxygen atoms in total.